The fourth-order valence-electron chi connectivity index (χ4n) is 4.66. The van der Waals surface area contributed by atoms with Crippen molar-refractivity contribution in [1.29, 1.82) is 0 Å². The maximum absolute atomic E-state index is 5.04. The van der Waals surface area contributed by atoms with Crippen LogP contribution in [0.5, 0.6) is 0 Å². The summed E-state index contributed by atoms with van der Waals surface area (Å²) in [4.78, 5) is 5.04. The standard InChI is InChI=1S/C26H30N4/c1-8-10-12-29-21(11-9-2)15-22-19(6)27-25-24(20(7)28-30(25)26(22)29)23-17(4)13-16(3)14-18(23)5/h13-15H,8,10,12H2,1-7H3. The van der Waals surface area contributed by atoms with Crippen molar-refractivity contribution in [2.75, 3.05) is 0 Å². The van der Waals surface area contributed by atoms with Crippen LogP contribution in [0.15, 0.2) is 18.2 Å². The minimum atomic E-state index is 0.930. The van der Waals surface area contributed by atoms with Crippen LogP contribution in [0.4, 0.5) is 0 Å². The molecule has 0 saturated carbocycles. The van der Waals surface area contributed by atoms with E-state index in [0.29, 0.717) is 0 Å². The molecule has 0 bridgehead atoms. The molecular formula is C26H30N4. The monoisotopic (exact) mass is 398 g/mol. The summed E-state index contributed by atoms with van der Waals surface area (Å²) in [6.45, 7) is 15.7. The van der Waals surface area contributed by atoms with E-state index in [0.717, 1.165) is 58.7 Å². The normalized spacial score (nSPS) is 11.3. The molecule has 4 heteroatoms. The molecular weight excluding hydrogens is 368 g/mol. The highest BCUT2D eigenvalue weighted by molar-refractivity contribution is 5.90. The van der Waals surface area contributed by atoms with Crippen molar-refractivity contribution < 1.29 is 0 Å². The van der Waals surface area contributed by atoms with Crippen molar-refractivity contribution in [3.8, 4) is 23.0 Å². The van der Waals surface area contributed by atoms with Gasteiger partial charge in [-0.25, -0.2) is 4.98 Å². The van der Waals surface area contributed by atoms with Crippen LogP contribution in [0.2, 0.25) is 0 Å². The van der Waals surface area contributed by atoms with Crippen LogP contribution in [0.3, 0.4) is 0 Å². The summed E-state index contributed by atoms with van der Waals surface area (Å²) in [7, 11) is 0. The minimum Gasteiger partial charge on any atom is -0.319 e. The Balaban J connectivity index is 2.12. The highest BCUT2D eigenvalue weighted by atomic mass is 15.3. The topological polar surface area (TPSA) is 35.1 Å². The van der Waals surface area contributed by atoms with Crippen LogP contribution in [0.1, 0.15) is 60.5 Å². The number of hydrogen-bond donors (Lipinski definition) is 0. The van der Waals surface area contributed by atoms with E-state index in [4.69, 9.17) is 10.1 Å². The zero-order chi connectivity index (χ0) is 21.6. The Morgan fingerprint density at radius 2 is 1.63 bits per heavy atom. The van der Waals surface area contributed by atoms with Gasteiger partial charge in [-0.05, 0) is 76.6 Å². The Labute approximate surface area is 178 Å². The van der Waals surface area contributed by atoms with Crippen molar-refractivity contribution in [2.45, 2.75) is 67.9 Å². The minimum absolute atomic E-state index is 0.930. The molecule has 0 aliphatic heterocycles. The molecule has 0 radical (unpaired) electrons. The molecule has 4 aromatic rings. The van der Waals surface area contributed by atoms with Crippen LogP contribution < -0.4 is 0 Å². The molecule has 0 aliphatic rings. The Hall–Kier alpha value is -3.06. The van der Waals surface area contributed by atoms with Crippen LogP contribution in [-0.2, 0) is 6.54 Å². The Morgan fingerprint density at radius 3 is 2.27 bits per heavy atom. The largest absolute Gasteiger partial charge is 0.319 e. The summed E-state index contributed by atoms with van der Waals surface area (Å²) in [5, 5.41) is 6.12. The lowest BCUT2D eigenvalue weighted by Crippen LogP contribution is -2.06. The summed E-state index contributed by atoms with van der Waals surface area (Å²) in [5.74, 6) is 6.36. The van der Waals surface area contributed by atoms with E-state index in [1.54, 1.807) is 0 Å². The van der Waals surface area contributed by atoms with Crippen molar-refractivity contribution >= 4 is 16.7 Å². The lowest BCUT2D eigenvalue weighted by molar-refractivity contribution is 0.635. The molecule has 0 fully saturated rings. The second kappa shape index (κ2) is 7.65. The van der Waals surface area contributed by atoms with E-state index >= 15 is 0 Å². The first kappa shape index (κ1) is 20.2. The van der Waals surface area contributed by atoms with E-state index < -0.39 is 0 Å². The van der Waals surface area contributed by atoms with Crippen molar-refractivity contribution in [1.82, 2.24) is 19.2 Å². The number of fused-ring (bicyclic) bond motifs is 3. The number of aryl methyl sites for hydroxylation is 6. The van der Waals surface area contributed by atoms with Gasteiger partial charge < -0.3 is 4.57 Å². The van der Waals surface area contributed by atoms with E-state index in [9.17, 15) is 0 Å². The number of unbranched alkanes of at least 4 members (excludes halogenated alkanes) is 1. The number of aromatic nitrogens is 4. The third kappa shape index (κ3) is 3.10. The van der Waals surface area contributed by atoms with Gasteiger partial charge in [0, 0.05) is 11.9 Å². The molecule has 1 aromatic carbocycles. The van der Waals surface area contributed by atoms with Crippen LogP contribution in [0, 0.1) is 46.5 Å². The number of nitrogens with zero attached hydrogens (tertiary/aromatic N) is 4. The maximum Gasteiger partial charge on any atom is 0.165 e. The highest BCUT2D eigenvalue weighted by Gasteiger charge is 2.22. The SMILES string of the molecule is CC#Cc1cc2c(C)nc3c(-c4c(C)cc(C)cc4C)c(C)nn3c2n1CCCC. The van der Waals surface area contributed by atoms with Crippen molar-refractivity contribution in [3.63, 3.8) is 0 Å². The lowest BCUT2D eigenvalue weighted by Gasteiger charge is -2.12. The predicted octanol–water partition coefficient (Wildman–Crippen LogP) is 6.06. The van der Waals surface area contributed by atoms with Gasteiger partial charge >= 0.3 is 0 Å². The zero-order valence-corrected chi connectivity index (χ0v) is 19.1. The molecule has 0 amide bonds. The molecule has 30 heavy (non-hydrogen) atoms. The van der Waals surface area contributed by atoms with Gasteiger partial charge in [0.25, 0.3) is 0 Å². The van der Waals surface area contributed by atoms with Crippen molar-refractivity contribution in [2.24, 2.45) is 0 Å². The third-order valence-corrected chi connectivity index (χ3v) is 5.88. The summed E-state index contributed by atoms with van der Waals surface area (Å²) >= 11 is 0. The van der Waals surface area contributed by atoms with Gasteiger partial charge in [0.05, 0.1) is 22.6 Å². The molecule has 0 saturated heterocycles. The molecule has 0 atom stereocenters. The molecule has 0 N–H and O–H groups in total. The molecule has 0 aliphatic carbocycles. The quantitative estimate of drug-likeness (QED) is 0.391. The van der Waals surface area contributed by atoms with Crippen LogP contribution in [0.25, 0.3) is 27.8 Å². The zero-order valence-electron chi connectivity index (χ0n) is 19.1. The maximum atomic E-state index is 5.04. The first-order chi connectivity index (χ1) is 14.4. The summed E-state index contributed by atoms with van der Waals surface area (Å²) in [6.07, 6.45) is 2.24. The Bertz CT molecular complexity index is 1320. The first-order valence-corrected chi connectivity index (χ1v) is 10.8. The molecule has 154 valence electrons. The number of hydrogen-bond acceptors (Lipinski definition) is 2. The fourth-order valence-corrected chi connectivity index (χ4v) is 4.66. The molecule has 3 heterocycles. The van der Waals surface area contributed by atoms with E-state index in [2.05, 4.69) is 76.1 Å². The number of benzene rings is 1. The highest BCUT2D eigenvalue weighted by Crippen LogP contribution is 2.35. The van der Waals surface area contributed by atoms with Gasteiger partial charge in [-0.2, -0.15) is 9.61 Å². The van der Waals surface area contributed by atoms with Gasteiger partial charge in [0.15, 0.2) is 5.65 Å². The molecule has 4 rings (SSSR count). The first-order valence-electron chi connectivity index (χ1n) is 10.8. The van der Waals surface area contributed by atoms with Gasteiger partial charge in [-0.3, -0.25) is 0 Å². The van der Waals surface area contributed by atoms with Crippen LogP contribution in [-0.4, -0.2) is 19.2 Å². The van der Waals surface area contributed by atoms with Gasteiger partial charge in [-0.15, -0.1) is 0 Å². The van der Waals surface area contributed by atoms with Crippen LogP contribution >= 0.6 is 0 Å². The average Bonchev–Trinajstić information content (AvgIpc) is 3.18. The summed E-state index contributed by atoms with van der Waals surface area (Å²) in [6, 6.07) is 6.66. The second-order valence-electron chi connectivity index (χ2n) is 8.31. The smallest absolute Gasteiger partial charge is 0.165 e. The lowest BCUT2D eigenvalue weighted by atomic mass is 9.94. The molecule has 0 unspecified atom stereocenters. The summed E-state index contributed by atoms with van der Waals surface area (Å²) in [5.41, 5.74) is 11.3. The third-order valence-electron chi connectivity index (χ3n) is 5.88. The van der Waals surface area contributed by atoms with Gasteiger partial charge in [-0.1, -0.05) is 37.0 Å². The van der Waals surface area contributed by atoms with E-state index in [-0.39, 0.29) is 0 Å². The fraction of sp³-hybridized carbons (Fsp3) is 0.385. The molecule has 4 nitrogen and oxygen atoms in total. The second-order valence-corrected chi connectivity index (χ2v) is 8.31. The van der Waals surface area contributed by atoms with Gasteiger partial charge in [0.2, 0.25) is 0 Å². The Kier molecular flexibility index (Phi) is 5.15. The number of rotatable bonds is 4. The Morgan fingerprint density at radius 1 is 0.933 bits per heavy atom. The van der Waals surface area contributed by atoms with E-state index in [1.165, 1.54) is 22.3 Å². The molecule has 0 spiro atoms. The van der Waals surface area contributed by atoms with Gasteiger partial charge in [0.1, 0.15) is 5.65 Å². The summed E-state index contributed by atoms with van der Waals surface area (Å²) < 4.78 is 4.37. The molecule has 3 aromatic heterocycles. The average molecular weight is 399 g/mol. The predicted molar refractivity (Wildman–Crippen MR) is 125 cm³/mol. The van der Waals surface area contributed by atoms with E-state index in [1.807, 2.05) is 11.4 Å². The van der Waals surface area contributed by atoms with Crippen molar-refractivity contribution in [3.05, 3.63) is 52.0 Å².